The first-order valence-electron chi connectivity index (χ1n) is 6.41. The normalized spacial score (nSPS) is 11.3. The fourth-order valence-corrected chi connectivity index (χ4v) is 2.86. The van der Waals surface area contributed by atoms with E-state index in [9.17, 15) is 13.2 Å². The average Bonchev–Trinajstić information content (AvgIpc) is 2.37. The lowest BCUT2D eigenvalue weighted by atomic mass is 10.1. The summed E-state index contributed by atoms with van der Waals surface area (Å²) in [5, 5.41) is 3.31. The smallest absolute Gasteiger partial charge is 0.235 e. The molecule has 2 N–H and O–H groups in total. The highest BCUT2D eigenvalue weighted by Gasteiger charge is 2.10. The van der Waals surface area contributed by atoms with Crippen molar-refractivity contribution in [2.24, 2.45) is 0 Å². The van der Waals surface area contributed by atoms with Gasteiger partial charge in [0.1, 0.15) is 0 Å². The van der Waals surface area contributed by atoms with Gasteiger partial charge in [0.2, 0.25) is 15.9 Å². The Kier molecular flexibility index (Phi) is 6.98. The number of carbonyl (C=O) groups excluding carboxylic acids is 1. The summed E-state index contributed by atoms with van der Waals surface area (Å²) in [4.78, 5) is 11.5. The van der Waals surface area contributed by atoms with E-state index in [4.69, 9.17) is 11.6 Å². The van der Waals surface area contributed by atoms with Gasteiger partial charge in [-0.2, -0.15) is 0 Å². The minimum atomic E-state index is -3.34. The molecule has 7 heteroatoms. The third-order valence-electron chi connectivity index (χ3n) is 2.55. The molecule has 1 rings (SSSR count). The van der Waals surface area contributed by atoms with Crippen LogP contribution in [0.25, 0.3) is 0 Å². The van der Waals surface area contributed by atoms with Gasteiger partial charge in [-0.25, -0.2) is 13.1 Å². The highest BCUT2D eigenvalue weighted by atomic mass is 35.5. The molecule has 0 bridgehead atoms. The molecule has 0 aliphatic heterocycles. The highest BCUT2D eigenvalue weighted by Crippen LogP contribution is 2.10. The lowest BCUT2D eigenvalue weighted by Crippen LogP contribution is -2.38. The van der Waals surface area contributed by atoms with Crippen LogP contribution >= 0.6 is 11.6 Å². The molecule has 20 heavy (non-hydrogen) atoms. The quantitative estimate of drug-likeness (QED) is 0.759. The molecule has 0 heterocycles. The Morgan fingerprint density at radius 2 is 2.10 bits per heavy atom. The Morgan fingerprint density at radius 3 is 2.75 bits per heavy atom. The summed E-state index contributed by atoms with van der Waals surface area (Å²) in [6, 6.07) is 7.38. The molecule has 0 aromatic heterocycles. The SMILES string of the molecule is CCCS(=O)(=O)NCC(=O)NCCc1cccc(Cl)c1. The Labute approximate surface area is 124 Å². The van der Waals surface area contributed by atoms with E-state index < -0.39 is 10.0 Å². The van der Waals surface area contributed by atoms with Crippen molar-refractivity contribution in [1.29, 1.82) is 0 Å². The van der Waals surface area contributed by atoms with Gasteiger partial charge in [-0.1, -0.05) is 30.7 Å². The van der Waals surface area contributed by atoms with Gasteiger partial charge in [-0.3, -0.25) is 4.79 Å². The van der Waals surface area contributed by atoms with E-state index in [1.54, 1.807) is 13.0 Å². The lowest BCUT2D eigenvalue weighted by Gasteiger charge is -2.07. The van der Waals surface area contributed by atoms with Gasteiger partial charge in [-0.05, 0) is 30.5 Å². The zero-order chi connectivity index (χ0) is 15.0. The summed E-state index contributed by atoms with van der Waals surface area (Å²) >= 11 is 5.85. The number of carbonyl (C=O) groups is 1. The fraction of sp³-hybridized carbons (Fsp3) is 0.462. The van der Waals surface area contributed by atoms with Crippen molar-refractivity contribution in [2.75, 3.05) is 18.8 Å². The number of halogens is 1. The maximum Gasteiger partial charge on any atom is 0.235 e. The summed E-state index contributed by atoms with van der Waals surface area (Å²) in [5.74, 6) is -0.310. The first-order valence-corrected chi connectivity index (χ1v) is 8.44. The van der Waals surface area contributed by atoms with Gasteiger partial charge in [0.25, 0.3) is 0 Å². The first kappa shape index (κ1) is 16.9. The molecule has 0 spiro atoms. The Hall–Kier alpha value is -1.11. The van der Waals surface area contributed by atoms with Crippen molar-refractivity contribution in [3.63, 3.8) is 0 Å². The van der Waals surface area contributed by atoms with Crippen LogP contribution in [0.2, 0.25) is 5.02 Å². The standard InChI is InChI=1S/C13H19ClN2O3S/c1-2-8-20(18,19)16-10-13(17)15-7-6-11-4-3-5-12(14)9-11/h3-5,9,16H,2,6-8,10H2,1H3,(H,15,17). The Bertz CT molecular complexity index is 546. The number of hydrogen-bond donors (Lipinski definition) is 2. The largest absolute Gasteiger partial charge is 0.355 e. The van der Waals surface area contributed by atoms with Crippen LogP contribution in [0.4, 0.5) is 0 Å². The molecule has 5 nitrogen and oxygen atoms in total. The van der Waals surface area contributed by atoms with E-state index in [1.807, 2.05) is 18.2 Å². The Morgan fingerprint density at radius 1 is 1.35 bits per heavy atom. The number of sulfonamides is 1. The molecule has 0 radical (unpaired) electrons. The predicted octanol–water partition coefficient (Wildman–Crippen LogP) is 1.33. The number of hydrogen-bond acceptors (Lipinski definition) is 3. The topological polar surface area (TPSA) is 75.3 Å². The number of rotatable bonds is 8. The molecule has 0 atom stereocenters. The molecular weight excluding hydrogens is 300 g/mol. The molecule has 0 aliphatic rings. The van der Waals surface area contributed by atoms with E-state index >= 15 is 0 Å². The average molecular weight is 319 g/mol. The van der Waals surface area contributed by atoms with Crippen molar-refractivity contribution >= 4 is 27.5 Å². The van der Waals surface area contributed by atoms with Crippen LogP contribution in [-0.2, 0) is 21.2 Å². The van der Waals surface area contributed by atoms with Gasteiger partial charge in [0.05, 0.1) is 12.3 Å². The summed E-state index contributed by atoms with van der Waals surface area (Å²) in [7, 11) is -3.34. The minimum absolute atomic E-state index is 0.0306. The van der Waals surface area contributed by atoms with Crippen LogP contribution in [0, 0.1) is 0 Å². The van der Waals surface area contributed by atoms with Gasteiger partial charge in [-0.15, -0.1) is 0 Å². The molecule has 0 fully saturated rings. The minimum Gasteiger partial charge on any atom is -0.355 e. The van der Waals surface area contributed by atoms with E-state index in [0.29, 0.717) is 24.4 Å². The molecule has 0 aliphatic carbocycles. The van der Waals surface area contributed by atoms with Crippen LogP contribution in [0.3, 0.4) is 0 Å². The molecular formula is C13H19ClN2O3S. The fourth-order valence-electron chi connectivity index (χ4n) is 1.62. The number of nitrogens with one attached hydrogen (secondary N) is 2. The molecule has 1 amide bonds. The van der Waals surface area contributed by atoms with Crippen molar-refractivity contribution in [2.45, 2.75) is 19.8 Å². The van der Waals surface area contributed by atoms with E-state index in [0.717, 1.165) is 5.56 Å². The predicted molar refractivity (Wildman–Crippen MR) is 80.2 cm³/mol. The zero-order valence-corrected chi connectivity index (χ0v) is 12.9. The number of amides is 1. The van der Waals surface area contributed by atoms with E-state index in [2.05, 4.69) is 10.0 Å². The Balaban J connectivity index is 2.27. The van der Waals surface area contributed by atoms with Crippen LogP contribution in [0.5, 0.6) is 0 Å². The molecule has 0 unspecified atom stereocenters. The second-order valence-electron chi connectivity index (χ2n) is 4.37. The van der Waals surface area contributed by atoms with Gasteiger partial charge in [0, 0.05) is 11.6 Å². The second kappa shape index (κ2) is 8.24. The molecule has 0 saturated carbocycles. The van der Waals surface area contributed by atoms with E-state index in [1.165, 1.54) is 0 Å². The molecule has 0 saturated heterocycles. The van der Waals surface area contributed by atoms with Gasteiger partial charge < -0.3 is 5.32 Å². The zero-order valence-electron chi connectivity index (χ0n) is 11.4. The van der Waals surface area contributed by atoms with Gasteiger partial charge in [0.15, 0.2) is 0 Å². The maximum atomic E-state index is 11.5. The highest BCUT2D eigenvalue weighted by molar-refractivity contribution is 7.89. The second-order valence-corrected chi connectivity index (χ2v) is 6.73. The van der Waals surface area contributed by atoms with Crippen LogP contribution in [0.15, 0.2) is 24.3 Å². The summed E-state index contributed by atoms with van der Waals surface area (Å²) in [5.41, 5.74) is 1.02. The third kappa shape index (κ3) is 6.88. The van der Waals surface area contributed by atoms with Crippen molar-refractivity contribution in [3.05, 3.63) is 34.9 Å². The van der Waals surface area contributed by atoms with Crippen molar-refractivity contribution in [1.82, 2.24) is 10.0 Å². The maximum absolute atomic E-state index is 11.5. The molecule has 112 valence electrons. The van der Waals surface area contributed by atoms with Gasteiger partial charge >= 0.3 is 0 Å². The van der Waals surface area contributed by atoms with Crippen LogP contribution in [0.1, 0.15) is 18.9 Å². The van der Waals surface area contributed by atoms with Crippen molar-refractivity contribution < 1.29 is 13.2 Å². The molecule has 1 aromatic carbocycles. The van der Waals surface area contributed by atoms with Crippen molar-refractivity contribution in [3.8, 4) is 0 Å². The monoisotopic (exact) mass is 318 g/mol. The summed E-state index contributed by atoms with van der Waals surface area (Å²) < 4.78 is 25.0. The lowest BCUT2D eigenvalue weighted by molar-refractivity contribution is -0.119. The first-order chi connectivity index (χ1) is 9.43. The van der Waals surface area contributed by atoms with Crippen LogP contribution in [-0.4, -0.2) is 33.2 Å². The summed E-state index contributed by atoms with van der Waals surface area (Å²) in [6.45, 7) is 1.98. The molecule has 1 aromatic rings. The summed E-state index contributed by atoms with van der Waals surface area (Å²) in [6.07, 6.45) is 1.17. The van der Waals surface area contributed by atoms with E-state index in [-0.39, 0.29) is 18.2 Å². The number of benzene rings is 1. The third-order valence-corrected chi connectivity index (χ3v) is 4.32. The van der Waals surface area contributed by atoms with Crippen LogP contribution < -0.4 is 10.0 Å².